The standard InChI is InChI=1S/C43H36F6N4O2/c1-27-51-38-36(52(2)39(54)33-15-4-3-12-30(33)28-20-22-29(23-21-28)43(47,48)49)18-11-19-37(38)53(27)25-10-9-24-41(40(55)50-26-42(44,45)46)34-16-7-5-13-31(34)32-14-6-8-17-35(32)41/h3-8,11-23H,9-10,24-26H2,1-2H3,(H,50,55). The van der Waals surface area contributed by atoms with Crippen LogP contribution in [0.4, 0.5) is 32.0 Å². The van der Waals surface area contributed by atoms with Gasteiger partial charge in [0.15, 0.2) is 0 Å². The summed E-state index contributed by atoms with van der Waals surface area (Å²) in [7, 11) is 1.62. The topological polar surface area (TPSA) is 67.2 Å². The number of alkyl halides is 6. The quantitative estimate of drug-likeness (QED) is 0.112. The lowest BCUT2D eigenvalue weighted by molar-refractivity contribution is -0.141. The van der Waals surface area contributed by atoms with Crippen LogP contribution in [-0.4, -0.2) is 41.1 Å². The molecule has 7 rings (SSSR count). The van der Waals surface area contributed by atoms with Gasteiger partial charge >= 0.3 is 12.4 Å². The molecule has 0 saturated carbocycles. The van der Waals surface area contributed by atoms with E-state index in [1.54, 1.807) is 49.5 Å². The van der Waals surface area contributed by atoms with E-state index in [9.17, 15) is 35.9 Å². The van der Waals surface area contributed by atoms with Crippen LogP contribution in [0.1, 0.15) is 52.1 Å². The number of halogens is 6. The van der Waals surface area contributed by atoms with Crippen molar-refractivity contribution in [2.24, 2.45) is 0 Å². The number of aromatic nitrogens is 2. The summed E-state index contributed by atoms with van der Waals surface area (Å²) in [6, 6.07) is 31.6. The fourth-order valence-corrected chi connectivity index (χ4v) is 7.80. The Morgan fingerprint density at radius 3 is 1.96 bits per heavy atom. The van der Waals surface area contributed by atoms with Crippen molar-refractivity contribution < 1.29 is 35.9 Å². The van der Waals surface area contributed by atoms with Gasteiger partial charge in [0.2, 0.25) is 5.91 Å². The maximum Gasteiger partial charge on any atom is 0.416 e. The molecule has 6 nitrogen and oxygen atoms in total. The predicted molar refractivity (Wildman–Crippen MR) is 200 cm³/mol. The summed E-state index contributed by atoms with van der Waals surface area (Å²) in [6.07, 6.45) is -7.70. The Balaban J connectivity index is 1.13. The minimum atomic E-state index is -4.57. The third kappa shape index (κ3) is 6.97. The van der Waals surface area contributed by atoms with Gasteiger partial charge in [0.05, 0.1) is 16.8 Å². The zero-order valence-corrected chi connectivity index (χ0v) is 29.9. The van der Waals surface area contributed by atoms with E-state index < -0.39 is 35.8 Å². The molecule has 1 N–H and O–H groups in total. The molecule has 1 heterocycles. The smallest absolute Gasteiger partial charge is 0.346 e. The summed E-state index contributed by atoms with van der Waals surface area (Å²) in [5.74, 6) is -0.382. The highest BCUT2D eigenvalue weighted by molar-refractivity contribution is 6.12. The number of anilines is 1. The molecule has 12 heteroatoms. The van der Waals surface area contributed by atoms with Crippen LogP contribution in [-0.2, 0) is 22.9 Å². The van der Waals surface area contributed by atoms with E-state index in [0.29, 0.717) is 64.2 Å². The summed E-state index contributed by atoms with van der Waals surface area (Å²) < 4.78 is 81.6. The molecule has 1 aliphatic rings. The number of nitrogens with one attached hydrogen (secondary N) is 1. The van der Waals surface area contributed by atoms with E-state index in [0.717, 1.165) is 28.8 Å². The average Bonchev–Trinajstić information content (AvgIpc) is 3.65. The largest absolute Gasteiger partial charge is 0.416 e. The van der Waals surface area contributed by atoms with Crippen molar-refractivity contribution in [3.8, 4) is 22.3 Å². The van der Waals surface area contributed by atoms with Crippen LogP contribution in [0.2, 0.25) is 0 Å². The van der Waals surface area contributed by atoms with E-state index in [1.807, 2.05) is 60.0 Å². The third-order valence-corrected chi connectivity index (χ3v) is 10.4. The van der Waals surface area contributed by atoms with Gasteiger partial charge in [-0.1, -0.05) is 84.9 Å². The maximum atomic E-state index is 14.0. The number of fused-ring (bicyclic) bond motifs is 4. The molecule has 5 aromatic carbocycles. The van der Waals surface area contributed by atoms with Gasteiger partial charge in [0, 0.05) is 19.2 Å². The summed E-state index contributed by atoms with van der Waals surface area (Å²) in [6.45, 7) is 0.906. The van der Waals surface area contributed by atoms with Gasteiger partial charge in [0.1, 0.15) is 23.3 Å². The van der Waals surface area contributed by atoms with Crippen LogP contribution in [0, 0.1) is 6.92 Å². The summed E-state index contributed by atoms with van der Waals surface area (Å²) >= 11 is 0. The number of hydrogen-bond donors (Lipinski definition) is 1. The van der Waals surface area contributed by atoms with Crippen LogP contribution >= 0.6 is 0 Å². The Kier molecular flexibility index (Phi) is 9.79. The highest BCUT2D eigenvalue weighted by Gasteiger charge is 2.49. The molecule has 2 amide bonds. The molecule has 0 aliphatic heterocycles. The predicted octanol–water partition coefficient (Wildman–Crippen LogP) is 10.1. The zero-order valence-electron chi connectivity index (χ0n) is 29.9. The molecule has 282 valence electrons. The van der Waals surface area contributed by atoms with E-state index in [2.05, 4.69) is 5.32 Å². The van der Waals surface area contributed by atoms with Gasteiger partial charge in [-0.05, 0) is 89.9 Å². The summed E-state index contributed by atoms with van der Waals surface area (Å²) in [5.41, 5.74) is 4.04. The van der Waals surface area contributed by atoms with Crippen molar-refractivity contribution >= 4 is 28.5 Å². The molecule has 0 unspecified atom stereocenters. The third-order valence-electron chi connectivity index (χ3n) is 10.4. The molecule has 0 atom stereocenters. The van der Waals surface area contributed by atoms with Crippen LogP contribution in [0.5, 0.6) is 0 Å². The lowest BCUT2D eigenvalue weighted by atomic mass is 9.73. The Labute approximate surface area is 313 Å². The number of carbonyl (C=O) groups excluding carboxylic acids is 2. The van der Waals surface area contributed by atoms with Crippen molar-refractivity contribution in [1.82, 2.24) is 14.9 Å². The van der Waals surface area contributed by atoms with Crippen molar-refractivity contribution in [2.45, 2.75) is 50.5 Å². The van der Waals surface area contributed by atoms with Crippen LogP contribution in [0.15, 0.2) is 115 Å². The molecule has 6 aromatic rings. The van der Waals surface area contributed by atoms with E-state index in [4.69, 9.17) is 4.98 Å². The van der Waals surface area contributed by atoms with Gasteiger partial charge < -0.3 is 14.8 Å². The van der Waals surface area contributed by atoms with Crippen LogP contribution < -0.4 is 10.2 Å². The number of hydrogen-bond acceptors (Lipinski definition) is 3. The van der Waals surface area contributed by atoms with Crippen molar-refractivity contribution in [3.05, 3.63) is 143 Å². The second-order valence-electron chi connectivity index (χ2n) is 13.7. The number of para-hydroxylation sites is 1. The molecule has 0 fully saturated rings. The van der Waals surface area contributed by atoms with Crippen LogP contribution in [0.25, 0.3) is 33.3 Å². The number of benzene rings is 5. The Hall–Kier alpha value is -5.91. The molecule has 0 saturated heterocycles. The molecule has 0 bridgehead atoms. The fraction of sp³-hybridized carbons (Fsp3) is 0.233. The van der Waals surface area contributed by atoms with Gasteiger partial charge in [0.25, 0.3) is 5.91 Å². The molecular formula is C43H36F6N4O2. The van der Waals surface area contributed by atoms with Crippen molar-refractivity contribution in [3.63, 3.8) is 0 Å². The minimum absolute atomic E-state index is 0.275. The molecular weight excluding hydrogens is 718 g/mol. The summed E-state index contributed by atoms with van der Waals surface area (Å²) in [5, 5.41) is 2.18. The minimum Gasteiger partial charge on any atom is -0.346 e. The second kappa shape index (κ2) is 14.4. The first-order chi connectivity index (χ1) is 26.2. The maximum absolute atomic E-state index is 14.0. The first kappa shape index (κ1) is 37.4. The number of unbranched alkanes of at least 4 members (excludes halogenated alkanes) is 1. The van der Waals surface area contributed by atoms with E-state index in [1.165, 1.54) is 17.0 Å². The first-order valence-corrected chi connectivity index (χ1v) is 17.8. The normalized spacial score (nSPS) is 13.4. The van der Waals surface area contributed by atoms with Crippen LogP contribution in [0.3, 0.4) is 0 Å². The molecule has 0 radical (unpaired) electrons. The zero-order chi connectivity index (χ0) is 39.1. The van der Waals surface area contributed by atoms with E-state index in [-0.39, 0.29) is 12.3 Å². The Bertz CT molecular complexity index is 2350. The number of carbonyl (C=O) groups is 2. The summed E-state index contributed by atoms with van der Waals surface area (Å²) in [4.78, 5) is 34.2. The number of imidazole rings is 1. The Morgan fingerprint density at radius 1 is 0.745 bits per heavy atom. The molecule has 0 spiro atoms. The van der Waals surface area contributed by atoms with Gasteiger partial charge in [-0.2, -0.15) is 26.3 Å². The monoisotopic (exact) mass is 754 g/mol. The van der Waals surface area contributed by atoms with Crippen molar-refractivity contribution in [2.75, 3.05) is 18.5 Å². The van der Waals surface area contributed by atoms with Gasteiger partial charge in [-0.3, -0.25) is 9.59 Å². The number of amides is 2. The number of aryl methyl sites for hydroxylation is 2. The molecule has 1 aliphatic carbocycles. The Morgan fingerprint density at radius 2 is 1.35 bits per heavy atom. The lowest BCUT2D eigenvalue weighted by Crippen LogP contribution is -2.47. The first-order valence-electron chi connectivity index (χ1n) is 17.8. The fourth-order valence-electron chi connectivity index (χ4n) is 7.80. The molecule has 55 heavy (non-hydrogen) atoms. The SMILES string of the molecule is Cc1nc2c(N(C)C(=O)c3ccccc3-c3ccc(C(F)(F)F)cc3)cccc2n1CCCCC1(C(=O)NCC(F)(F)F)c2ccccc2-c2ccccc21. The van der Waals surface area contributed by atoms with Gasteiger partial charge in [-0.25, -0.2) is 4.98 Å². The average molecular weight is 755 g/mol. The highest BCUT2D eigenvalue weighted by atomic mass is 19.4. The number of rotatable bonds is 10. The van der Waals surface area contributed by atoms with Gasteiger partial charge in [-0.15, -0.1) is 0 Å². The highest BCUT2D eigenvalue weighted by Crippen LogP contribution is 2.51. The lowest BCUT2D eigenvalue weighted by Gasteiger charge is -2.31. The second-order valence-corrected chi connectivity index (χ2v) is 13.7. The van der Waals surface area contributed by atoms with Crippen molar-refractivity contribution in [1.29, 1.82) is 0 Å². The van der Waals surface area contributed by atoms with E-state index >= 15 is 0 Å². The molecule has 1 aromatic heterocycles. The number of nitrogens with zero attached hydrogens (tertiary/aromatic N) is 3.